The minimum absolute atomic E-state index is 0.226. The highest BCUT2D eigenvalue weighted by molar-refractivity contribution is 6.35. The van der Waals surface area contributed by atoms with Crippen molar-refractivity contribution in [1.82, 2.24) is 0 Å². The van der Waals surface area contributed by atoms with Crippen LogP contribution in [-0.4, -0.2) is 0 Å². The molecule has 11 rings (SSSR count). The third-order valence-corrected chi connectivity index (χ3v) is 11.6. The van der Waals surface area contributed by atoms with Crippen LogP contribution in [0, 0.1) is 0 Å². The molecule has 0 amide bonds. The molecular weight excluding hydrogens is 679 g/mol. The lowest BCUT2D eigenvalue weighted by atomic mass is 9.84. The molecule has 0 spiro atoms. The molecule has 1 aliphatic rings. The predicted octanol–water partition coefficient (Wildman–Crippen LogP) is 15.1. The van der Waals surface area contributed by atoms with E-state index in [0.29, 0.717) is 0 Å². The van der Waals surface area contributed by atoms with E-state index >= 15 is 0 Å². The maximum absolute atomic E-state index is 6.37. The zero-order chi connectivity index (χ0) is 37.0. The number of hydrogen-bond acceptors (Lipinski definition) is 2. The maximum Gasteiger partial charge on any atom is 0.136 e. The molecule has 9 aromatic carbocycles. The molecule has 0 aliphatic heterocycles. The summed E-state index contributed by atoms with van der Waals surface area (Å²) in [6.45, 7) is 0. The lowest BCUT2D eigenvalue weighted by Crippen LogP contribution is -2.17. The van der Waals surface area contributed by atoms with Gasteiger partial charge in [-0.25, -0.2) is 0 Å². The van der Waals surface area contributed by atoms with Gasteiger partial charge in [-0.15, -0.1) is 0 Å². The number of para-hydroxylation sites is 1. The summed E-state index contributed by atoms with van der Waals surface area (Å²) in [4.78, 5) is 2.39. The Hall–Kier alpha value is -7.16. The largest absolute Gasteiger partial charge is 0.456 e. The van der Waals surface area contributed by atoms with Crippen LogP contribution >= 0.6 is 0 Å². The summed E-state index contributed by atoms with van der Waals surface area (Å²) in [5.74, 6) is 0.226. The first-order valence-electron chi connectivity index (χ1n) is 19.5. The van der Waals surface area contributed by atoms with Gasteiger partial charge in [0.15, 0.2) is 0 Å². The zero-order valence-corrected chi connectivity index (χ0v) is 30.8. The lowest BCUT2D eigenvalue weighted by molar-refractivity contribution is 0.669. The predicted molar refractivity (Wildman–Crippen MR) is 237 cm³/mol. The van der Waals surface area contributed by atoms with Crippen molar-refractivity contribution in [1.29, 1.82) is 0 Å². The van der Waals surface area contributed by atoms with E-state index in [1.54, 1.807) is 0 Å². The summed E-state index contributed by atoms with van der Waals surface area (Å²) in [6.07, 6.45) is 8.06. The van der Waals surface area contributed by atoms with Gasteiger partial charge in [-0.3, -0.25) is 0 Å². The highest BCUT2D eigenvalue weighted by Crippen LogP contribution is 2.45. The molecule has 0 fully saturated rings. The molecule has 264 valence electrons. The van der Waals surface area contributed by atoms with Gasteiger partial charge in [-0.1, -0.05) is 158 Å². The third-order valence-electron chi connectivity index (χ3n) is 11.6. The molecular formula is C54H37NO. The summed E-state index contributed by atoms with van der Waals surface area (Å²) in [7, 11) is 0. The van der Waals surface area contributed by atoms with E-state index in [1.165, 1.54) is 71.2 Å². The number of rotatable bonds is 6. The van der Waals surface area contributed by atoms with E-state index in [1.807, 2.05) is 6.07 Å². The quantitative estimate of drug-likeness (QED) is 0.159. The Bertz CT molecular complexity index is 3020. The summed E-state index contributed by atoms with van der Waals surface area (Å²) in [5, 5.41) is 10.0. The van der Waals surface area contributed by atoms with E-state index in [9.17, 15) is 0 Å². The molecule has 0 N–H and O–H groups in total. The first-order chi connectivity index (χ1) is 27.8. The molecule has 0 saturated heterocycles. The van der Waals surface area contributed by atoms with Crippen molar-refractivity contribution < 1.29 is 4.42 Å². The van der Waals surface area contributed by atoms with Gasteiger partial charge in [-0.05, 0) is 110 Å². The monoisotopic (exact) mass is 715 g/mol. The second kappa shape index (κ2) is 13.3. The topological polar surface area (TPSA) is 16.4 Å². The molecule has 56 heavy (non-hydrogen) atoms. The fraction of sp³-hybridized carbons (Fsp3) is 0.0370. The average Bonchev–Trinajstić information content (AvgIpc) is 3.67. The van der Waals surface area contributed by atoms with E-state index in [-0.39, 0.29) is 5.92 Å². The fourth-order valence-electron chi connectivity index (χ4n) is 8.96. The van der Waals surface area contributed by atoms with Crippen molar-refractivity contribution >= 4 is 65.6 Å². The second-order valence-corrected chi connectivity index (χ2v) is 14.8. The average molecular weight is 716 g/mol. The summed E-state index contributed by atoms with van der Waals surface area (Å²) in [6, 6.07) is 67.7. The summed E-state index contributed by atoms with van der Waals surface area (Å²) >= 11 is 0. The van der Waals surface area contributed by atoms with Gasteiger partial charge in [-0.2, -0.15) is 0 Å². The molecule has 0 saturated carbocycles. The molecule has 1 heterocycles. The highest BCUT2D eigenvalue weighted by Gasteiger charge is 2.22. The SMILES string of the molecule is C1=CC(c2cccc3c4ccc5oc6ccccc6c5c4c4ccccc4c23)CC=C1N(c1ccc(-c2ccccc2)cc1)c1ccc(-c2ccccc2)cc1. The Morgan fingerprint density at radius 3 is 1.52 bits per heavy atom. The Labute approximate surface area is 325 Å². The van der Waals surface area contributed by atoms with Crippen molar-refractivity contribution in [2.24, 2.45) is 0 Å². The minimum Gasteiger partial charge on any atom is -0.456 e. The highest BCUT2D eigenvalue weighted by atomic mass is 16.3. The lowest BCUT2D eigenvalue weighted by Gasteiger charge is -2.30. The van der Waals surface area contributed by atoms with Gasteiger partial charge in [0.25, 0.3) is 0 Å². The number of anilines is 2. The first kappa shape index (κ1) is 32.3. The summed E-state index contributed by atoms with van der Waals surface area (Å²) < 4.78 is 6.37. The number of nitrogens with zero attached hydrogens (tertiary/aromatic N) is 1. The van der Waals surface area contributed by atoms with Crippen LogP contribution in [0.4, 0.5) is 11.4 Å². The molecule has 1 unspecified atom stereocenters. The van der Waals surface area contributed by atoms with Crippen molar-refractivity contribution in [2.45, 2.75) is 12.3 Å². The van der Waals surface area contributed by atoms with Crippen LogP contribution in [0.3, 0.4) is 0 Å². The molecule has 2 nitrogen and oxygen atoms in total. The molecule has 0 radical (unpaired) electrons. The Morgan fingerprint density at radius 1 is 0.393 bits per heavy atom. The smallest absolute Gasteiger partial charge is 0.136 e. The second-order valence-electron chi connectivity index (χ2n) is 14.8. The van der Waals surface area contributed by atoms with Crippen molar-refractivity contribution in [3.05, 3.63) is 218 Å². The van der Waals surface area contributed by atoms with Gasteiger partial charge in [0.2, 0.25) is 0 Å². The van der Waals surface area contributed by atoms with Gasteiger partial charge in [0.05, 0.1) is 0 Å². The van der Waals surface area contributed by atoms with Crippen molar-refractivity contribution in [3.8, 4) is 22.3 Å². The maximum atomic E-state index is 6.37. The van der Waals surface area contributed by atoms with Crippen LogP contribution in [0.15, 0.2) is 216 Å². The zero-order valence-electron chi connectivity index (χ0n) is 30.8. The first-order valence-corrected chi connectivity index (χ1v) is 19.5. The van der Waals surface area contributed by atoms with Crippen molar-refractivity contribution in [3.63, 3.8) is 0 Å². The molecule has 1 atom stereocenters. The number of furan rings is 1. The minimum atomic E-state index is 0.226. The van der Waals surface area contributed by atoms with Crippen LogP contribution < -0.4 is 4.90 Å². The van der Waals surface area contributed by atoms with E-state index < -0.39 is 0 Å². The van der Waals surface area contributed by atoms with Crippen molar-refractivity contribution in [2.75, 3.05) is 4.90 Å². The van der Waals surface area contributed by atoms with Crippen LogP contribution in [0.1, 0.15) is 17.9 Å². The van der Waals surface area contributed by atoms with Gasteiger partial charge in [0, 0.05) is 39.1 Å². The summed E-state index contributed by atoms with van der Waals surface area (Å²) in [5.41, 5.74) is 11.5. The molecule has 1 aliphatic carbocycles. The fourth-order valence-corrected chi connectivity index (χ4v) is 8.96. The van der Waals surface area contributed by atoms with Crippen LogP contribution in [0.5, 0.6) is 0 Å². The standard InChI is InChI=1S/C54H37NO/c1-3-12-36(13-4-1)38-22-28-41(29-23-38)55(42-30-24-39(25-31-42)37-14-5-2-6-15-37)43-32-26-40(27-33-43)44-19-11-20-46-48-34-35-51-54(49-18-9-10-21-50(49)56-51)53(48)47-17-8-7-16-45(47)52(44)46/h1-26,28-35,40H,27H2. The molecule has 10 aromatic rings. The van der Waals surface area contributed by atoms with Gasteiger partial charge >= 0.3 is 0 Å². The van der Waals surface area contributed by atoms with Gasteiger partial charge < -0.3 is 9.32 Å². The van der Waals surface area contributed by atoms with Crippen LogP contribution in [-0.2, 0) is 0 Å². The Kier molecular flexibility index (Phi) is 7.67. The third kappa shape index (κ3) is 5.33. The molecule has 2 heteroatoms. The van der Waals surface area contributed by atoms with Gasteiger partial charge in [0.1, 0.15) is 11.2 Å². The van der Waals surface area contributed by atoms with E-state index in [0.717, 1.165) is 34.3 Å². The number of benzene rings is 9. The number of allylic oxidation sites excluding steroid dienone is 3. The number of hydrogen-bond donors (Lipinski definition) is 0. The Morgan fingerprint density at radius 2 is 0.911 bits per heavy atom. The van der Waals surface area contributed by atoms with E-state index in [4.69, 9.17) is 4.42 Å². The normalized spacial score (nSPS) is 14.2. The van der Waals surface area contributed by atoms with Crippen LogP contribution in [0.25, 0.3) is 76.5 Å². The molecule has 1 aromatic heterocycles. The number of fused-ring (bicyclic) bond motifs is 10. The molecule has 0 bridgehead atoms. The van der Waals surface area contributed by atoms with E-state index in [2.05, 4.69) is 205 Å². The Balaban J connectivity index is 1.01. The van der Waals surface area contributed by atoms with Crippen LogP contribution in [0.2, 0.25) is 0 Å².